The fourth-order valence-electron chi connectivity index (χ4n) is 5.69. The summed E-state index contributed by atoms with van der Waals surface area (Å²) in [7, 11) is 0. The Kier molecular flexibility index (Phi) is 6.75. The Balaban J connectivity index is 1.14. The quantitative estimate of drug-likeness (QED) is 0.522. The van der Waals surface area contributed by atoms with Gasteiger partial charge in [-0.1, -0.05) is 55.0 Å². The molecule has 0 radical (unpaired) electrons. The van der Waals surface area contributed by atoms with Gasteiger partial charge < -0.3 is 20.5 Å². The number of nitrogens with one attached hydrogen (secondary N) is 2. The number of aliphatic carboxylic acids is 1. The average Bonchev–Trinajstić information content (AvgIpc) is 3.65. The van der Waals surface area contributed by atoms with Crippen molar-refractivity contribution in [1.82, 2.24) is 10.6 Å². The van der Waals surface area contributed by atoms with Crippen LogP contribution in [-0.4, -0.2) is 41.8 Å². The van der Waals surface area contributed by atoms with Crippen LogP contribution < -0.4 is 10.6 Å². The standard InChI is InChI=1S/C28H32N2O5/c31-26(32)15-25(17-12-13-17)30-27(33)18-6-5-7-19(14-18)29-28(34)35-16-24-22-10-3-1-8-20(22)21-9-2-4-11-23(21)24/h1-4,8-11,17-19,24-25H,5-7,12-16H2,(H,29,34)(H,30,33)(H,31,32)/t18-,19+,25?/m0/s1. The highest BCUT2D eigenvalue weighted by Gasteiger charge is 2.36. The van der Waals surface area contributed by atoms with Crippen molar-refractivity contribution in [2.45, 2.75) is 62.9 Å². The number of carbonyl (C=O) groups excluding carboxylic acids is 2. The predicted octanol–water partition coefficient (Wildman–Crippen LogP) is 4.45. The Morgan fingerprint density at radius 1 is 0.943 bits per heavy atom. The monoisotopic (exact) mass is 476 g/mol. The molecular formula is C28H32N2O5. The number of hydrogen-bond donors (Lipinski definition) is 3. The Labute approximate surface area is 205 Å². The van der Waals surface area contributed by atoms with Crippen molar-refractivity contribution in [2.75, 3.05) is 6.61 Å². The van der Waals surface area contributed by atoms with Gasteiger partial charge in [-0.15, -0.1) is 0 Å². The van der Waals surface area contributed by atoms with Gasteiger partial charge in [0.05, 0.1) is 6.42 Å². The van der Waals surface area contributed by atoms with E-state index >= 15 is 0 Å². The molecule has 3 aliphatic rings. The molecule has 2 amide bonds. The molecule has 2 aromatic carbocycles. The molecule has 2 saturated carbocycles. The van der Waals surface area contributed by atoms with Gasteiger partial charge in [0.2, 0.25) is 5.91 Å². The molecule has 2 fully saturated rings. The third-order valence-corrected chi connectivity index (χ3v) is 7.62. The number of fused-ring (bicyclic) bond motifs is 3. The molecule has 35 heavy (non-hydrogen) atoms. The van der Waals surface area contributed by atoms with E-state index in [0.29, 0.717) is 6.42 Å². The molecule has 3 aliphatic carbocycles. The molecule has 7 heteroatoms. The number of carboxylic acid groups (broad SMARTS) is 1. The van der Waals surface area contributed by atoms with Crippen LogP contribution in [-0.2, 0) is 14.3 Å². The molecule has 2 aromatic rings. The van der Waals surface area contributed by atoms with E-state index in [0.717, 1.165) is 32.1 Å². The highest BCUT2D eigenvalue weighted by Crippen LogP contribution is 2.44. The van der Waals surface area contributed by atoms with E-state index in [-0.39, 0.29) is 48.8 Å². The topological polar surface area (TPSA) is 105 Å². The number of hydrogen-bond acceptors (Lipinski definition) is 4. The smallest absolute Gasteiger partial charge is 0.407 e. The minimum Gasteiger partial charge on any atom is -0.481 e. The fraction of sp³-hybridized carbons (Fsp3) is 0.464. The Bertz CT molecular complexity index is 1070. The number of benzene rings is 2. The molecule has 0 saturated heterocycles. The molecule has 7 nitrogen and oxygen atoms in total. The molecule has 0 aromatic heterocycles. The summed E-state index contributed by atoms with van der Waals surface area (Å²) in [6.45, 7) is 0.259. The lowest BCUT2D eigenvalue weighted by Gasteiger charge is -2.30. The molecule has 3 atom stereocenters. The first kappa shape index (κ1) is 23.4. The fourth-order valence-corrected chi connectivity index (χ4v) is 5.69. The predicted molar refractivity (Wildman–Crippen MR) is 131 cm³/mol. The summed E-state index contributed by atoms with van der Waals surface area (Å²) in [5.74, 6) is -0.930. The van der Waals surface area contributed by atoms with E-state index in [4.69, 9.17) is 9.84 Å². The van der Waals surface area contributed by atoms with Gasteiger partial charge in [-0.3, -0.25) is 9.59 Å². The SMILES string of the molecule is O=C(O)CC(NC(=O)[C@H]1CCC[C@@H](NC(=O)OCC2c3ccccc3-c3ccccc32)C1)C1CC1. The van der Waals surface area contributed by atoms with Crippen LogP contribution in [0.3, 0.4) is 0 Å². The van der Waals surface area contributed by atoms with E-state index in [1.807, 2.05) is 24.3 Å². The highest BCUT2D eigenvalue weighted by molar-refractivity contribution is 5.80. The van der Waals surface area contributed by atoms with Crippen LogP contribution in [0.15, 0.2) is 48.5 Å². The second-order valence-corrected chi connectivity index (χ2v) is 10.1. The molecule has 1 unspecified atom stereocenters. The molecular weight excluding hydrogens is 444 g/mol. The van der Waals surface area contributed by atoms with Crippen LogP contribution in [0, 0.1) is 11.8 Å². The molecule has 184 valence electrons. The number of carbonyl (C=O) groups is 3. The third kappa shape index (κ3) is 5.34. The molecule has 0 heterocycles. The van der Waals surface area contributed by atoms with Crippen LogP contribution in [0.25, 0.3) is 11.1 Å². The van der Waals surface area contributed by atoms with Gasteiger partial charge in [-0.25, -0.2) is 4.79 Å². The number of amides is 2. The van der Waals surface area contributed by atoms with Crippen LogP contribution in [0.5, 0.6) is 0 Å². The largest absolute Gasteiger partial charge is 0.481 e. The van der Waals surface area contributed by atoms with E-state index in [1.54, 1.807) is 0 Å². The van der Waals surface area contributed by atoms with Crippen LogP contribution >= 0.6 is 0 Å². The number of carboxylic acids is 1. The molecule has 0 bridgehead atoms. The van der Waals surface area contributed by atoms with E-state index < -0.39 is 12.1 Å². The maximum Gasteiger partial charge on any atom is 0.407 e. The first-order chi connectivity index (χ1) is 17.0. The lowest BCUT2D eigenvalue weighted by Crippen LogP contribution is -2.46. The minimum absolute atomic E-state index is 0.00613. The second kappa shape index (κ2) is 10.1. The highest BCUT2D eigenvalue weighted by atomic mass is 16.5. The number of rotatable bonds is 8. The minimum atomic E-state index is -0.888. The first-order valence-electron chi connectivity index (χ1n) is 12.6. The van der Waals surface area contributed by atoms with Gasteiger partial charge in [-0.05, 0) is 60.3 Å². The van der Waals surface area contributed by atoms with Gasteiger partial charge in [0, 0.05) is 23.9 Å². The molecule has 0 spiro atoms. The van der Waals surface area contributed by atoms with E-state index in [1.165, 1.54) is 22.3 Å². The Morgan fingerprint density at radius 3 is 2.23 bits per heavy atom. The zero-order chi connectivity index (χ0) is 24.4. The molecule has 0 aliphatic heterocycles. The summed E-state index contributed by atoms with van der Waals surface area (Å²) in [6.07, 6.45) is 4.36. The van der Waals surface area contributed by atoms with Crippen molar-refractivity contribution in [3.63, 3.8) is 0 Å². The average molecular weight is 477 g/mol. The van der Waals surface area contributed by atoms with Crippen molar-refractivity contribution in [1.29, 1.82) is 0 Å². The third-order valence-electron chi connectivity index (χ3n) is 7.62. The number of alkyl carbamates (subject to hydrolysis) is 1. The van der Waals surface area contributed by atoms with Crippen molar-refractivity contribution in [3.05, 3.63) is 59.7 Å². The lowest BCUT2D eigenvalue weighted by atomic mass is 9.85. The summed E-state index contributed by atoms with van der Waals surface area (Å²) >= 11 is 0. The number of ether oxygens (including phenoxy) is 1. The van der Waals surface area contributed by atoms with Gasteiger partial charge >= 0.3 is 12.1 Å². The van der Waals surface area contributed by atoms with Gasteiger partial charge in [0.15, 0.2) is 0 Å². The van der Waals surface area contributed by atoms with Crippen LogP contribution in [0.1, 0.15) is 62.0 Å². The first-order valence-corrected chi connectivity index (χ1v) is 12.6. The van der Waals surface area contributed by atoms with Gasteiger partial charge in [-0.2, -0.15) is 0 Å². The molecule has 5 rings (SSSR count). The summed E-state index contributed by atoms with van der Waals surface area (Å²) in [4.78, 5) is 36.7. The zero-order valence-electron chi connectivity index (χ0n) is 19.7. The van der Waals surface area contributed by atoms with Crippen molar-refractivity contribution in [3.8, 4) is 11.1 Å². The summed E-state index contributed by atoms with van der Waals surface area (Å²) < 4.78 is 5.67. The normalized spacial score (nSPS) is 21.9. The maximum absolute atomic E-state index is 12.8. The zero-order valence-corrected chi connectivity index (χ0v) is 19.7. The summed E-state index contributed by atoms with van der Waals surface area (Å²) in [6, 6.07) is 16.0. The van der Waals surface area contributed by atoms with Crippen molar-refractivity contribution >= 4 is 18.0 Å². The summed E-state index contributed by atoms with van der Waals surface area (Å²) in [5, 5.41) is 15.1. The lowest BCUT2D eigenvalue weighted by molar-refractivity contribution is -0.138. The van der Waals surface area contributed by atoms with E-state index in [9.17, 15) is 14.4 Å². The van der Waals surface area contributed by atoms with Crippen LogP contribution in [0.2, 0.25) is 0 Å². The second-order valence-electron chi connectivity index (χ2n) is 10.1. The molecule has 3 N–H and O–H groups in total. The summed E-state index contributed by atoms with van der Waals surface area (Å²) in [5.41, 5.74) is 4.71. The Morgan fingerprint density at radius 2 is 1.60 bits per heavy atom. The van der Waals surface area contributed by atoms with E-state index in [2.05, 4.69) is 34.9 Å². The van der Waals surface area contributed by atoms with Crippen molar-refractivity contribution < 1.29 is 24.2 Å². The van der Waals surface area contributed by atoms with Gasteiger partial charge in [0.25, 0.3) is 0 Å². The Hall–Kier alpha value is -3.35. The van der Waals surface area contributed by atoms with Gasteiger partial charge in [0.1, 0.15) is 6.61 Å². The van der Waals surface area contributed by atoms with Crippen molar-refractivity contribution in [2.24, 2.45) is 11.8 Å². The van der Waals surface area contributed by atoms with Crippen LogP contribution in [0.4, 0.5) is 4.79 Å². The maximum atomic E-state index is 12.8.